The zero-order valence-corrected chi connectivity index (χ0v) is 19.8. The molecule has 0 spiro atoms. The van der Waals surface area contributed by atoms with Crippen LogP contribution in [-0.4, -0.2) is 44.3 Å². The van der Waals surface area contributed by atoms with E-state index in [-0.39, 0.29) is 49.6 Å². The number of fused-ring (bicyclic) bond motifs is 1. The third-order valence-corrected chi connectivity index (χ3v) is 5.24. The molecule has 1 heterocycles. The average molecular weight is 494 g/mol. The Bertz CT molecular complexity index is 1120. The van der Waals surface area contributed by atoms with E-state index in [1.807, 2.05) is 37.3 Å². The highest BCUT2D eigenvalue weighted by atomic mass is 35.5. The Hall–Kier alpha value is -3.30. The van der Waals surface area contributed by atoms with E-state index in [1.54, 1.807) is 12.1 Å². The molecule has 178 valence electrons. The monoisotopic (exact) mass is 493 g/mol. The molecule has 8 N–H and O–H groups in total. The number of hydrogen-bond acceptors (Lipinski definition) is 4. The van der Waals surface area contributed by atoms with Crippen molar-refractivity contribution in [1.82, 2.24) is 14.9 Å². The van der Waals surface area contributed by atoms with Crippen molar-refractivity contribution in [3.05, 3.63) is 65.0 Å². The summed E-state index contributed by atoms with van der Waals surface area (Å²) in [4.78, 5) is 20.7. The molecule has 9 nitrogen and oxygen atoms in total. The fraction of sp³-hybridized carbons (Fsp3) is 0.273. The summed E-state index contributed by atoms with van der Waals surface area (Å²) in [6.07, 6.45) is 0.116. The molecule has 1 amide bonds. The van der Waals surface area contributed by atoms with E-state index < -0.39 is 12.0 Å². The lowest BCUT2D eigenvalue weighted by atomic mass is 9.97. The Morgan fingerprint density at radius 2 is 1.76 bits per heavy atom. The molecule has 0 aliphatic heterocycles. The van der Waals surface area contributed by atoms with Gasteiger partial charge in [-0.15, -0.1) is 24.8 Å². The van der Waals surface area contributed by atoms with Gasteiger partial charge >= 0.3 is 6.09 Å². The van der Waals surface area contributed by atoms with Gasteiger partial charge in [-0.1, -0.05) is 30.3 Å². The fourth-order valence-electron chi connectivity index (χ4n) is 3.52. The summed E-state index contributed by atoms with van der Waals surface area (Å²) in [5.74, 6) is 0.372. The molecule has 0 bridgehead atoms. The fourth-order valence-corrected chi connectivity index (χ4v) is 3.52. The van der Waals surface area contributed by atoms with Gasteiger partial charge in [-0.25, -0.2) is 9.78 Å². The van der Waals surface area contributed by atoms with E-state index in [0.717, 1.165) is 28.0 Å². The number of rotatable bonds is 9. The predicted octanol–water partition coefficient (Wildman–Crippen LogP) is 3.66. The summed E-state index contributed by atoms with van der Waals surface area (Å²) in [6, 6.07) is 12.9. The summed E-state index contributed by atoms with van der Waals surface area (Å²) in [7, 11) is 0. The first-order chi connectivity index (χ1) is 14.7. The number of H-pyrrole nitrogens is 1. The third kappa shape index (κ3) is 7.37. The standard InChI is InChI=1S/C22H27N7O2.2ClH/c1-13-27-18-9-5-15(10-19(18)28-13)11-29(22(30)31)12-17(21(25)26)8-4-14-2-6-16(7-3-14)20(23)24;;/h2-3,5-7,9-10,17H,4,8,11-12H2,1H3,(H3,23,24)(H3,25,26)(H,27,28)(H,30,31);2*1H. The second-order valence-electron chi connectivity index (χ2n) is 7.64. The minimum atomic E-state index is -1.06. The third-order valence-electron chi connectivity index (χ3n) is 5.24. The highest BCUT2D eigenvalue weighted by molar-refractivity contribution is 5.94. The Morgan fingerprint density at radius 3 is 2.33 bits per heavy atom. The maximum atomic E-state index is 11.9. The summed E-state index contributed by atoms with van der Waals surface area (Å²) in [5.41, 5.74) is 15.5. The van der Waals surface area contributed by atoms with Gasteiger partial charge in [0.25, 0.3) is 0 Å². The first-order valence-electron chi connectivity index (χ1n) is 9.93. The van der Waals surface area contributed by atoms with Gasteiger partial charge in [0, 0.05) is 24.6 Å². The molecular weight excluding hydrogens is 465 g/mol. The number of halogens is 2. The number of hydrogen-bond donors (Lipinski definition) is 6. The largest absolute Gasteiger partial charge is 0.465 e. The van der Waals surface area contributed by atoms with E-state index in [4.69, 9.17) is 22.3 Å². The zero-order chi connectivity index (χ0) is 22.5. The van der Waals surface area contributed by atoms with Crippen LogP contribution in [0.15, 0.2) is 42.5 Å². The Kier molecular flexibility index (Phi) is 10.2. The maximum absolute atomic E-state index is 11.9. The summed E-state index contributed by atoms with van der Waals surface area (Å²) in [5, 5.41) is 25.1. The smallest absolute Gasteiger partial charge is 0.407 e. The van der Waals surface area contributed by atoms with Crippen LogP contribution in [0.4, 0.5) is 4.79 Å². The number of aryl methyl sites for hydroxylation is 2. The number of carboxylic acid groups (broad SMARTS) is 1. The van der Waals surface area contributed by atoms with Gasteiger partial charge in [-0.2, -0.15) is 0 Å². The average Bonchev–Trinajstić information content (AvgIpc) is 3.09. The van der Waals surface area contributed by atoms with Crippen molar-refractivity contribution >= 4 is 53.6 Å². The van der Waals surface area contributed by atoms with Gasteiger partial charge < -0.3 is 26.5 Å². The number of aromatic nitrogens is 2. The van der Waals surface area contributed by atoms with Crippen LogP contribution in [0.1, 0.15) is 28.9 Å². The van der Waals surface area contributed by atoms with Crippen molar-refractivity contribution in [2.75, 3.05) is 6.54 Å². The lowest BCUT2D eigenvalue weighted by Crippen LogP contribution is -2.38. The highest BCUT2D eigenvalue weighted by Gasteiger charge is 2.21. The van der Waals surface area contributed by atoms with E-state index >= 15 is 0 Å². The van der Waals surface area contributed by atoms with Crippen LogP contribution in [0.5, 0.6) is 0 Å². The molecule has 0 radical (unpaired) electrons. The van der Waals surface area contributed by atoms with E-state index in [2.05, 4.69) is 9.97 Å². The first-order valence-corrected chi connectivity index (χ1v) is 9.93. The second-order valence-corrected chi connectivity index (χ2v) is 7.64. The van der Waals surface area contributed by atoms with Crippen molar-refractivity contribution in [2.24, 2.45) is 17.4 Å². The Labute approximate surface area is 204 Å². The van der Waals surface area contributed by atoms with Crippen LogP contribution in [0.25, 0.3) is 11.0 Å². The number of nitrogens with one attached hydrogen (secondary N) is 3. The molecule has 3 rings (SSSR count). The quantitative estimate of drug-likeness (QED) is 0.197. The lowest BCUT2D eigenvalue weighted by molar-refractivity contribution is 0.137. The topological polar surface area (TPSA) is 169 Å². The second kappa shape index (κ2) is 12.1. The molecule has 0 aliphatic rings. The molecule has 0 saturated heterocycles. The number of benzene rings is 2. The minimum Gasteiger partial charge on any atom is -0.465 e. The Balaban J connectivity index is 0.00000272. The van der Waals surface area contributed by atoms with Crippen LogP contribution in [0, 0.1) is 23.7 Å². The number of aromatic amines is 1. The van der Waals surface area contributed by atoms with Crippen LogP contribution < -0.4 is 11.5 Å². The van der Waals surface area contributed by atoms with Crippen LogP contribution >= 0.6 is 24.8 Å². The minimum absolute atomic E-state index is 0. The molecule has 0 aliphatic carbocycles. The van der Waals surface area contributed by atoms with Gasteiger partial charge in [0.2, 0.25) is 0 Å². The van der Waals surface area contributed by atoms with Crippen molar-refractivity contribution in [3.8, 4) is 0 Å². The number of nitrogens with zero attached hydrogens (tertiary/aromatic N) is 2. The van der Waals surface area contributed by atoms with Crippen molar-refractivity contribution < 1.29 is 9.90 Å². The molecule has 1 atom stereocenters. The molecule has 1 unspecified atom stereocenters. The summed E-state index contributed by atoms with van der Waals surface area (Å²) < 4.78 is 0. The van der Waals surface area contributed by atoms with Crippen molar-refractivity contribution in [3.63, 3.8) is 0 Å². The molecule has 11 heteroatoms. The maximum Gasteiger partial charge on any atom is 0.407 e. The lowest BCUT2D eigenvalue weighted by Gasteiger charge is -2.25. The molecule has 0 saturated carbocycles. The number of imidazole rings is 1. The Morgan fingerprint density at radius 1 is 1.12 bits per heavy atom. The molecule has 33 heavy (non-hydrogen) atoms. The number of amides is 1. The summed E-state index contributed by atoms with van der Waals surface area (Å²) in [6.45, 7) is 2.20. The van der Waals surface area contributed by atoms with Gasteiger partial charge in [0.1, 0.15) is 11.7 Å². The van der Waals surface area contributed by atoms with E-state index in [0.29, 0.717) is 18.4 Å². The molecule has 0 fully saturated rings. The van der Waals surface area contributed by atoms with Crippen molar-refractivity contribution in [1.29, 1.82) is 10.8 Å². The zero-order valence-electron chi connectivity index (χ0n) is 18.2. The number of carbonyl (C=O) groups is 1. The van der Waals surface area contributed by atoms with Crippen molar-refractivity contribution in [2.45, 2.75) is 26.3 Å². The molecular formula is C22H29Cl2N7O2. The van der Waals surface area contributed by atoms with Gasteiger partial charge in [0.05, 0.1) is 16.9 Å². The van der Waals surface area contributed by atoms with E-state index in [9.17, 15) is 9.90 Å². The number of nitrogens with two attached hydrogens (primary N) is 2. The van der Waals surface area contributed by atoms with Crippen LogP contribution in [0.2, 0.25) is 0 Å². The normalized spacial score (nSPS) is 11.2. The number of amidine groups is 2. The first kappa shape index (κ1) is 27.7. The predicted molar refractivity (Wildman–Crippen MR) is 135 cm³/mol. The van der Waals surface area contributed by atoms with Gasteiger partial charge in [-0.05, 0) is 43.0 Å². The summed E-state index contributed by atoms with van der Waals surface area (Å²) >= 11 is 0. The SMILES string of the molecule is Cc1nc2ccc(CN(CC(CCc3ccc(C(=N)N)cc3)C(=N)N)C(=O)O)cc2[nH]1.Cl.Cl. The van der Waals surface area contributed by atoms with Gasteiger partial charge in [0.15, 0.2) is 0 Å². The number of nitrogen functional groups attached to an aromatic ring is 1. The molecule has 1 aromatic heterocycles. The highest BCUT2D eigenvalue weighted by Crippen LogP contribution is 2.18. The molecule has 3 aromatic rings. The molecule has 2 aromatic carbocycles. The van der Waals surface area contributed by atoms with Crippen LogP contribution in [-0.2, 0) is 13.0 Å². The van der Waals surface area contributed by atoms with E-state index in [1.165, 1.54) is 4.90 Å². The van der Waals surface area contributed by atoms with Gasteiger partial charge in [-0.3, -0.25) is 10.8 Å². The van der Waals surface area contributed by atoms with Crippen LogP contribution in [0.3, 0.4) is 0 Å².